The van der Waals surface area contributed by atoms with E-state index in [9.17, 15) is 4.79 Å². The molecule has 5 nitrogen and oxygen atoms in total. The zero-order chi connectivity index (χ0) is 16.7. The Morgan fingerprint density at radius 2 is 1.91 bits per heavy atom. The van der Waals surface area contributed by atoms with E-state index in [0.29, 0.717) is 12.2 Å². The third-order valence-electron chi connectivity index (χ3n) is 3.13. The van der Waals surface area contributed by atoms with Crippen LogP contribution in [0.3, 0.4) is 0 Å². The standard InChI is InChI=1S/C15H18N2O3.C2H6/c1-9-5-6-11(15(18)20-4)7-12(9)14-10(2)16-13(17-14)8-19-3;1-2/h5-7H,8H2,1-4H3,(H,16,17);1-2H3. The first kappa shape index (κ1) is 17.9. The molecule has 1 aromatic heterocycles. The molecule has 0 spiro atoms. The normalized spacial score (nSPS) is 9.91. The van der Waals surface area contributed by atoms with E-state index < -0.39 is 0 Å². The third kappa shape index (κ3) is 3.95. The maximum Gasteiger partial charge on any atom is 0.337 e. The van der Waals surface area contributed by atoms with Gasteiger partial charge in [0.2, 0.25) is 0 Å². The van der Waals surface area contributed by atoms with Crippen molar-refractivity contribution < 1.29 is 14.3 Å². The van der Waals surface area contributed by atoms with Crippen molar-refractivity contribution in [3.05, 3.63) is 40.8 Å². The monoisotopic (exact) mass is 304 g/mol. The highest BCUT2D eigenvalue weighted by molar-refractivity contribution is 5.91. The Bertz CT molecular complexity index is 633. The predicted molar refractivity (Wildman–Crippen MR) is 86.9 cm³/mol. The number of H-pyrrole nitrogens is 1. The van der Waals surface area contributed by atoms with Crippen LogP contribution in [-0.4, -0.2) is 30.2 Å². The van der Waals surface area contributed by atoms with E-state index in [4.69, 9.17) is 9.47 Å². The highest BCUT2D eigenvalue weighted by atomic mass is 16.5. The molecule has 120 valence electrons. The fourth-order valence-electron chi connectivity index (χ4n) is 2.11. The van der Waals surface area contributed by atoms with Crippen LogP contribution in [0.4, 0.5) is 0 Å². The van der Waals surface area contributed by atoms with Gasteiger partial charge in [0, 0.05) is 18.4 Å². The van der Waals surface area contributed by atoms with Gasteiger partial charge in [-0.1, -0.05) is 19.9 Å². The number of aromatic amines is 1. The van der Waals surface area contributed by atoms with Crippen molar-refractivity contribution in [3.8, 4) is 11.3 Å². The van der Waals surface area contributed by atoms with Gasteiger partial charge in [-0.25, -0.2) is 9.78 Å². The summed E-state index contributed by atoms with van der Waals surface area (Å²) in [7, 11) is 3.00. The molecule has 1 heterocycles. The second-order valence-electron chi connectivity index (χ2n) is 4.61. The first-order chi connectivity index (χ1) is 10.6. The van der Waals surface area contributed by atoms with Crippen LogP contribution in [-0.2, 0) is 16.1 Å². The van der Waals surface area contributed by atoms with Gasteiger partial charge < -0.3 is 14.5 Å². The molecule has 2 rings (SSSR count). The zero-order valence-corrected chi connectivity index (χ0v) is 14.1. The Morgan fingerprint density at radius 1 is 1.23 bits per heavy atom. The number of rotatable bonds is 4. The Balaban J connectivity index is 0.00000116. The van der Waals surface area contributed by atoms with Gasteiger partial charge in [-0.2, -0.15) is 0 Å². The van der Waals surface area contributed by atoms with Crippen molar-refractivity contribution in [3.63, 3.8) is 0 Å². The van der Waals surface area contributed by atoms with Crippen molar-refractivity contribution in [1.29, 1.82) is 0 Å². The summed E-state index contributed by atoms with van der Waals surface area (Å²) in [6.45, 7) is 8.36. The van der Waals surface area contributed by atoms with Crippen molar-refractivity contribution in [2.24, 2.45) is 0 Å². The van der Waals surface area contributed by atoms with Crippen molar-refractivity contribution in [2.75, 3.05) is 14.2 Å². The first-order valence-electron chi connectivity index (χ1n) is 7.30. The molecule has 1 aromatic carbocycles. The summed E-state index contributed by atoms with van der Waals surface area (Å²) in [6.07, 6.45) is 0. The second kappa shape index (κ2) is 8.34. The molecular formula is C17H24N2O3. The number of aryl methyl sites for hydroxylation is 2. The number of benzene rings is 1. The number of esters is 1. The number of imidazole rings is 1. The minimum absolute atomic E-state index is 0.350. The molecule has 0 amide bonds. The molecule has 0 aliphatic rings. The quantitative estimate of drug-likeness (QED) is 0.876. The zero-order valence-electron chi connectivity index (χ0n) is 14.1. The molecule has 0 fully saturated rings. The molecule has 0 radical (unpaired) electrons. The summed E-state index contributed by atoms with van der Waals surface area (Å²) in [5.41, 5.74) is 4.27. The van der Waals surface area contributed by atoms with Crippen molar-refractivity contribution in [2.45, 2.75) is 34.3 Å². The van der Waals surface area contributed by atoms with Crippen LogP contribution in [0.15, 0.2) is 18.2 Å². The highest BCUT2D eigenvalue weighted by Crippen LogP contribution is 2.26. The van der Waals surface area contributed by atoms with Gasteiger partial charge in [0.25, 0.3) is 0 Å². The van der Waals surface area contributed by atoms with Crippen LogP contribution in [0.1, 0.15) is 41.3 Å². The van der Waals surface area contributed by atoms with E-state index in [-0.39, 0.29) is 5.97 Å². The Labute approximate surface area is 131 Å². The molecule has 0 atom stereocenters. The van der Waals surface area contributed by atoms with E-state index in [0.717, 1.165) is 28.3 Å². The number of carbonyl (C=O) groups excluding carboxylic acids is 1. The van der Waals surface area contributed by atoms with Crippen molar-refractivity contribution in [1.82, 2.24) is 9.97 Å². The molecule has 1 N–H and O–H groups in total. The Kier molecular flexibility index (Phi) is 6.79. The summed E-state index contributed by atoms with van der Waals surface area (Å²) in [6, 6.07) is 5.45. The Morgan fingerprint density at radius 3 is 2.50 bits per heavy atom. The number of carbonyl (C=O) groups is 1. The lowest BCUT2D eigenvalue weighted by Gasteiger charge is -2.06. The van der Waals surface area contributed by atoms with E-state index in [1.807, 2.05) is 33.8 Å². The number of ether oxygens (including phenoxy) is 2. The average molecular weight is 304 g/mol. The van der Waals surface area contributed by atoms with Crippen LogP contribution < -0.4 is 0 Å². The smallest absolute Gasteiger partial charge is 0.337 e. The lowest BCUT2D eigenvalue weighted by atomic mass is 10.0. The minimum atomic E-state index is -0.350. The summed E-state index contributed by atoms with van der Waals surface area (Å²) in [5.74, 6) is 0.416. The summed E-state index contributed by atoms with van der Waals surface area (Å²) in [4.78, 5) is 19.3. The largest absolute Gasteiger partial charge is 0.465 e. The molecule has 5 heteroatoms. The molecule has 0 saturated carbocycles. The van der Waals surface area contributed by atoms with E-state index in [1.165, 1.54) is 7.11 Å². The molecule has 0 saturated heterocycles. The number of aromatic nitrogens is 2. The molecular weight excluding hydrogens is 280 g/mol. The topological polar surface area (TPSA) is 64.2 Å². The number of nitrogens with zero attached hydrogens (tertiary/aromatic N) is 1. The molecule has 0 aliphatic carbocycles. The lowest BCUT2D eigenvalue weighted by molar-refractivity contribution is 0.0601. The second-order valence-corrected chi connectivity index (χ2v) is 4.61. The summed E-state index contributed by atoms with van der Waals surface area (Å²) < 4.78 is 9.83. The van der Waals surface area contributed by atoms with Crippen LogP contribution in [0.25, 0.3) is 11.3 Å². The van der Waals surface area contributed by atoms with E-state index >= 15 is 0 Å². The molecule has 0 unspecified atom stereocenters. The number of hydrogen-bond donors (Lipinski definition) is 1. The SMILES string of the molecule is CC.COCc1nc(-c2cc(C(=O)OC)ccc2C)c(C)[nH]1. The van der Waals surface area contributed by atoms with E-state index in [1.54, 1.807) is 19.2 Å². The van der Waals surface area contributed by atoms with Gasteiger partial charge in [0.1, 0.15) is 12.4 Å². The van der Waals surface area contributed by atoms with Gasteiger partial charge in [-0.15, -0.1) is 0 Å². The van der Waals surface area contributed by atoms with Crippen LogP contribution >= 0.6 is 0 Å². The van der Waals surface area contributed by atoms with Gasteiger partial charge in [-0.05, 0) is 31.5 Å². The molecule has 22 heavy (non-hydrogen) atoms. The first-order valence-corrected chi connectivity index (χ1v) is 7.30. The molecule has 0 aliphatic heterocycles. The third-order valence-corrected chi connectivity index (χ3v) is 3.13. The highest BCUT2D eigenvalue weighted by Gasteiger charge is 2.14. The Hall–Kier alpha value is -2.14. The van der Waals surface area contributed by atoms with Crippen molar-refractivity contribution >= 4 is 5.97 Å². The number of methoxy groups -OCH3 is 2. The van der Waals surface area contributed by atoms with Crippen LogP contribution in [0.2, 0.25) is 0 Å². The van der Waals surface area contributed by atoms with E-state index in [2.05, 4.69) is 9.97 Å². The fraction of sp³-hybridized carbons (Fsp3) is 0.412. The van der Waals surface area contributed by atoms with Crippen LogP contribution in [0, 0.1) is 13.8 Å². The fourth-order valence-corrected chi connectivity index (χ4v) is 2.11. The predicted octanol–water partition coefficient (Wildman–Crippen LogP) is 3.65. The van der Waals surface area contributed by atoms with Crippen LogP contribution in [0.5, 0.6) is 0 Å². The lowest BCUT2D eigenvalue weighted by Crippen LogP contribution is -2.02. The summed E-state index contributed by atoms with van der Waals surface area (Å²) >= 11 is 0. The maximum absolute atomic E-state index is 11.6. The summed E-state index contributed by atoms with van der Waals surface area (Å²) in [5, 5.41) is 0. The number of hydrogen-bond acceptors (Lipinski definition) is 4. The van der Waals surface area contributed by atoms with Gasteiger partial charge >= 0.3 is 5.97 Å². The maximum atomic E-state index is 11.6. The van der Waals surface area contributed by atoms with Gasteiger partial charge in [-0.3, -0.25) is 0 Å². The number of nitrogens with one attached hydrogen (secondary N) is 1. The molecule has 2 aromatic rings. The van der Waals surface area contributed by atoms with Gasteiger partial charge in [0.05, 0.1) is 18.4 Å². The molecule has 0 bridgehead atoms. The minimum Gasteiger partial charge on any atom is -0.465 e. The van der Waals surface area contributed by atoms with Gasteiger partial charge in [0.15, 0.2) is 0 Å². The average Bonchev–Trinajstić information content (AvgIpc) is 2.90.